The van der Waals surface area contributed by atoms with E-state index in [0.29, 0.717) is 16.9 Å². The lowest BCUT2D eigenvalue weighted by Gasteiger charge is -2.22. The maximum absolute atomic E-state index is 12.4. The first kappa shape index (κ1) is 21.7. The molecule has 0 aliphatic carbocycles. The van der Waals surface area contributed by atoms with Crippen LogP contribution in [-0.4, -0.2) is 43.5 Å². The summed E-state index contributed by atoms with van der Waals surface area (Å²) < 4.78 is 0. The summed E-state index contributed by atoms with van der Waals surface area (Å²) in [6.45, 7) is 4.66. The number of benzene rings is 1. The molecule has 2 aromatic rings. The number of nitrogen functional groups attached to an aromatic ring is 1. The van der Waals surface area contributed by atoms with Crippen molar-refractivity contribution < 1.29 is 9.59 Å². The van der Waals surface area contributed by atoms with Gasteiger partial charge in [0, 0.05) is 22.4 Å². The monoisotopic (exact) mass is 403 g/mol. The van der Waals surface area contributed by atoms with Crippen LogP contribution in [0.4, 0.5) is 16.2 Å². The van der Waals surface area contributed by atoms with Crippen LogP contribution < -0.4 is 21.7 Å². The average Bonchev–Trinajstić information content (AvgIpc) is 3.02. The van der Waals surface area contributed by atoms with Gasteiger partial charge in [0.25, 0.3) is 5.91 Å². The number of nitrogens with zero attached hydrogens (tertiary/aromatic N) is 1. The van der Waals surface area contributed by atoms with E-state index in [-0.39, 0.29) is 24.0 Å². The third-order valence-corrected chi connectivity index (χ3v) is 4.87. The van der Waals surface area contributed by atoms with Gasteiger partial charge in [-0.25, -0.2) is 4.79 Å². The van der Waals surface area contributed by atoms with E-state index in [9.17, 15) is 9.59 Å². The highest BCUT2D eigenvalue weighted by Gasteiger charge is 2.16. The van der Waals surface area contributed by atoms with Crippen molar-refractivity contribution in [3.63, 3.8) is 0 Å². The van der Waals surface area contributed by atoms with Crippen molar-refractivity contribution in [2.75, 3.05) is 31.7 Å². The molecule has 1 aromatic heterocycles. The van der Waals surface area contributed by atoms with Crippen LogP contribution >= 0.6 is 11.3 Å². The number of nitrogens with two attached hydrogens (primary N) is 1. The summed E-state index contributed by atoms with van der Waals surface area (Å²) >= 11 is 1.44. The number of nitrogens with one attached hydrogen (secondary N) is 3. The third-order valence-electron chi connectivity index (χ3n) is 4.11. The Morgan fingerprint density at radius 1 is 1.11 bits per heavy atom. The number of amides is 3. The summed E-state index contributed by atoms with van der Waals surface area (Å²) in [6.07, 6.45) is 0.759. The lowest BCUT2D eigenvalue weighted by Crippen LogP contribution is -2.41. The van der Waals surface area contributed by atoms with Crippen LogP contribution in [0.25, 0.3) is 0 Å². The second kappa shape index (κ2) is 10.1. The number of thiophene rings is 1. The van der Waals surface area contributed by atoms with E-state index in [2.05, 4.69) is 20.9 Å². The maximum Gasteiger partial charge on any atom is 0.315 e. The van der Waals surface area contributed by atoms with E-state index in [4.69, 9.17) is 5.73 Å². The minimum atomic E-state index is -0.216. The van der Waals surface area contributed by atoms with Crippen molar-refractivity contribution in [1.82, 2.24) is 15.5 Å². The highest BCUT2D eigenvalue weighted by atomic mass is 32.1. The van der Waals surface area contributed by atoms with Crippen LogP contribution in [0.3, 0.4) is 0 Å². The van der Waals surface area contributed by atoms with Gasteiger partial charge in [-0.2, -0.15) is 0 Å². The second-order valence-electron chi connectivity index (χ2n) is 7.23. The molecule has 0 aliphatic rings. The Morgan fingerprint density at radius 3 is 2.32 bits per heavy atom. The Balaban J connectivity index is 2.09. The van der Waals surface area contributed by atoms with Crippen LogP contribution in [-0.2, 0) is 0 Å². The molecule has 3 amide bonds. The van der Waals surface area contributed by atoms with Gasteiger partial charge in [0.2, 0.25) is 0 Å². The molecule has 0 saturated carbocycles. The molecule has 7 nitrogen and oxygen atoms in total. The SMILES string of the molecule is CC(C)NC(=O)NC(CCN(C)C)c1ccc(C(=O)Nc2cscc2N)cc1. The van der Waals surface area contributed by atoms with Gasteiger partial charge in [-0.1, -0.05) is 12.1 Å². The zero-order valence-electron chi connectivity index (χ0n) is 16.8. The number of hydrogen-bond donors (Lipinski definition) is 4. The molecule has 0 fully saturated rings. The first-order chi connectivity index (χ1) is 13.3. The van der Waals surface area contributed by atoms with Gasteiger partial charge in [0.1, 0.15) is 0 Å². The summed E-state index contributed by atoms with van der Waals surface area (Å²) in [6, 6.07) is 6.99. The summed E-state index contributed by atoms with van der Waals surface area (Å²) in [5, 5.41) is 12.3. The van der Waals surface area contributed by atoms with Gasteiger partial charge in [0.15, 0.2) is 0 Å². The van der Waals surface area contributed by atoms with Crippen LogP contribution in [0.1, 0.15) is 42.2 Å². The predicted octanol–water partition coefficient (Wildman–Crippen LogP) is 3.28. The normalized spacial score (nSPS) is 12.1. The smallest absolute Gasteiger partial charge is 0.315 e. The lowest BCUT2D eigenvalue weighted by atomic mass is 10.0. The van der Waals surface area contributed by atoms with E-state index in [1.54, 1.807) is 22.9 Å². The molecule has 1 atom stereocenters. The second-order valence-corrected chi connectivity index (χ2v) is 7.98. The highest BCUT2D eigenvalue weighted by Crippen LogP contribution is 2.24. The van der Waals surface area contributed by atoms with Gasteiger partial charge >= 0.3 is 6.03 Å². The number of anilines is 2. The number of carbonyl (C=O) groups is 2. The molecule has 0 spiro atoms. The topological polar surface area (TPSA) is 99.5 Å². The van der Waals surface area contributed by atoms with E-state index >= 15 is 0 Å². The fraction of sp³-hybridized carbons (Fsp3) is 0.400. The van der Waals surface area contributed by atoms with Crippen LogP contribution in [0, 0.1) is 0 Å². The summed E-state index contributed by atoms with van der Waals surface area (Å²) in [5.41, 5.74) is 8.48. The van der Waals surface area contributed by atoms with Crippen LogP contribution in [0.2, 0.25) is 0 Å². The number of hydrogen-bond acceptors (Lipinski definition) is 5. The first-order valence-corrected chi connectivity index (χ1v) is 10.1. The van der Waals surface area contributed by atoms with E-state index in [0.717, 1.165) is 18.5 Å². The van der Waals surface area contributed by atoms with Crippen molar-refractivity contribution in [3.05, 3.63) is 46.2 Å². The molecule has 1 heterocycles. The molecule has 0 radical (unpaired) electrons. The Morgan fingerprint density at radius 2 is 1.79 bits per heavy atom. The summed E-state index contributed by atoms with van der Waals surface area (Å²) in [7, 11) is 3.99. The fourth-order valence-corrected chi connectivity index (χ4v) is 3.31. The van der Waals surface area contributed by atoms with Gasteiger partial charge < -0.3 is 26.6 Å². The Bertz CT molecular complexity index is 786. The van der Waals surface area contributed by atoms with Crippen LogP contribution in [0.15, 0.2) is 35.0 Å². The van der Waals surface area contributed by atoms with Crippen molar-refractivity contribution in [2.24, 2.45) is 0 Å². The molecule has 0 aliphatic heterocycles. The number of rotatable bonds is 8. The zero-order valence-corrected chi connectivity index (χ0v) is 17.6. The Labute approximate surface area is 170 Å². The Hall–Kier alpha value is -2.58. The molecule has 2 rings (SSSR count). The summed E-state index contributed by atoms with van der Waals surface area (Å²) in [4.78, 5) is 26.6. The molecule has 152 valence electrons. The lowest BCUT2D eigenvalue weighted by molar-refractivity contribution is 0.102. The molecule has 8 heteroatoms. The predicted molar refractivity (Wildman–Crippen MR) is 116 cm³/mol. The third kappa shape index (κ3) is 6.54. The highest BCUT2D eigenvalue weighted by molar-refractivity contribution is 7.09. The number of urea groups is 1. The Kier molecular flexibility index (Phi) is 7.83. The molecule has 0 bridgehead atoms. The first-order valence-electron chi connectivity index (χ1n) is 9.21. The van der Waals surface area contributed by atoms with Crippen molar-refractivity contribution in [1.29, 1.82) is 0 Å². The summed E-state index contributed by atoms with van der Waals surface area (Å²) in [5.74, 6) is -0.216. The molecule has 1 aromatic carbocycles. The van der Waals surface area contributed by atoms with Gasteiger partial charge in [0.05, 0.1) is 17.4 Å². The molecular formula is C20H29N5O2S. The molecule has 5 N–H and O–H groups in total. The average molecular weight is 404 g/mol. The van der Waals surface area contributed by atoms with E-state index in [1.807, 2.05) is 40.1 Å². The molecule has 0 saturated heterocycles. The zero-order chi connectivity index (χ0) is 20.7. The van der Waals surface area contributed by atoms with Gasteiger partial charge in [-0.3, -0.25) is 4.79 Å². The quantitative estimate of drug-likeness (QED) is 0.543. The minimum Gasteiger partial charge on any atom is -0.396 e. The molecule has 28 heavy (non-hydrogen) atoms. The molecule has 1 unspecified atom stereocenters. The maximum atomic E-state index is 12.4. The van der Waals surface area contributed by atoms with Crippen molar-refractivity contribution in [3.8, 4) is 0 Å². The standard InChI is InChI=1S/C20H29N5O2S/c1-13(2)22-20(27)24-17(9-10-25(3)4)14-5-7-15(8-6-14)19(26)23-18-12-28-11-16(18)21/h5-8,11-13,17H,9-10,21H2,1-4H3,(H,23,26)(H2,22,24,27). The largest absolute Gasteiger partial charge is 0.396 e. The van der Waals surface area contributed by atoms with Gasteiger partial charge in [-0.15, -0.1) is 11.3 Å². The number of carbonyl (C=O) groups excluding carboxylic acids is 2. The van der Waals surface area contributed by atoms with Gasteiger partial charge in [-0.05, 0) is 58.6 Å². The molecular weight excluding hydrogens is 374 g/mol. The van der Waals surface area contributed by atoms with Crippen molar-refractivity contribution in [2.45, 2.75) is 32.4 Å². The van der Waals surface area contributed by atoms with E-state index in [1.165, 1.54) is 11.3 Å². The van der Waals surface area contributed by atoms with Crippen molar-refractivity contribution >= 4 is 34.6 Å². The minimum absolute atomic E-state index is 0.0603. The fourth-order valence-electron chi connectivity index (χ4n) is 2.64. The van der Waals surface area contributed by atoms with E-state index < -0.39 is 0 Å². The van der Waals surface area contributed by atoms with Crippen LogP contribution in [0.5, 0.6) is 0 Å².